The number of likely N-dealkylation sites (N-methyl/N-ethyl adjacent to an activating group) is 1. The summed E-state index contributed by atoms with van der Waals surface area (Å²) >= 11 is 0. The molecule has 186 valence electrons. The molecule has 0 saturated heterocycles. The number of aryl methyl sites for hydroxylation is 1. The van der Waals surface area contributed by atoms with Gasteiger partial charge < -0.3 is 24.8 Å². The molecule has 0 spiro atoms. The van der Waals surface area contributed by atoms with Gasteiger partial charge in [-0.25, -0.2) is 0 Å². The van der Waals surface area contributed by atoms with Crippen molar-refractivity contribution in [2.45, 2.75) is 44.6 Å². The first-order chi connectivity index (χ1) is 16.9. The van der Waals surface area contributed by atoms with Gasteiger partial charge in [-0.2, -0.15) is 0 Å². The number of hydrogen-bond acceptors (Lipinski definition) is 6. The monoisotopic (exact) mass is 475 g/mol. The fourth-order valence-corrected chi connectivity index (χ4v) is 4.74. The van der Waals surface area contributed by atoms with Gasteiger partial charge in [-0.05, 0) is 93.2 Å². The number of fused-ring (bicyclic) bond motifs is 1. The molecule has 1 aliphatic carbocycles. The Morgan fingerprint density at radius 1 is 1.09 bits per heavy atom. The third kappa shape index (κ3) is 6.67. The Kier molecular flexibility index (Phi) is 8.13. The van der Waals surface area contributed by atoms with E-state index in [2.05, 4.69) is 40.3 Å². The summed E-state index contributed by atoms with van der Waals surface area (Å²) < 4.78 is 11.3. The van der Waals surface area contributed by atoms with Crippen LogP contribution >= 0.6 is 0 Å². The highest BCUT2D eigenvalue weighted by Crippen LogP contribution is 2.38. The lowest BCUT2D eigenvalue weighted by molar-refractivity contribution is 0.260. The molecule has 35 heavy (non-hydrogen) atoms. The minimum Gasteiger partial charge on any atom is -0.508 e. The van der Waals surface area contributed by atoms with E-state index in [0.29, 0.717) is 18.3 Å². The van der Waals surface area contributed by atoms with Crippen LogP contribution in [0.15, 0.2) is 54.7 Å². The van der Waals surface area contributed by atoms with Crippen molar-refractivity contribution in [2.24, 2.45) is 0 Å². The number of aromatic nitrogens is 1. The quantitative estimate of drug-likeness (QED) is 0.428. The van der Waals surface area contributed by atoms with Crippen LogP contribution < -0.4 is 14.8 Å². The lowest BCUT2D eigenvalue weighted by atomic mass is 9.79. The van der Waals surface area contributed by atoms with Crippen LogP contribution in [-0.4, -0.2) is 55.4 Å². The minimum atomic E-state index is 0.196. The molecule has 0 bridgehead atoms. The molecule has 6 heteroatoms. The van der Waals surface area contributed by atoms with E-state index in [9.17, 15) is 5.11 Å². The second-order valence-corrected chi connectivity index (χ2v) is 9.73. The normalized spacial score (nSPS) is 16.0. The van der Waals surface area contributed by atoms with Crippen LogP contribution in [0.25, 0.3) is 0 Å². The topological polar surface area (TPSA) is 66.8 Å². The number of phenols is 1. The number of phenolic OH excluding ortho intramolecular Hbond substituents is 1. The summed E-state index contributed by atoms with van der Waals surface area (Å²) in [5.74, 6) is 2.42. The van der Waals surface area contributed by atoms with Crippen LogP contribution in [0.4, 0.5) is 5.69 Å². The molecule has 0 fully saturated rings. The fourth-order valence-electron chi connectivity index (χ4n) is 4.74. The van der Waals surface area contributed by atoms with Gasteiger partial charge >= 0.3 is 0 Å². The molecular weight excluding hydrogens is 438 g/mol. The number of nitrogens with one attached hydrogen (secondary N) is 1. The van der Waals surface area contributed by atoms with Gasteiger partial charge in [0, 0.05) is 36.5 Å². The van der Waals surface area contributed by atoms with Gasteiger partial charge in [0.2, 0.25) is 0 Å². The Bertz CT molecular complexity index is 1110. The van der Waals surface area contributed by atoms with Gasteiger partial charge in [0.1, 0.15) is 23.9 Å². The Labute approximate surface area is 208 Å². The van der Waals surface area contributed by atoms with Crippen molar-refractivity contribution in [1.82, 2.24) is 9.88 Å². The Morgan fingerprint density at radius 3 is 2.66 bits per heavy atom. The van der Waals surface area contributed by atoms with Crippen molar-refractivity contribution in [3.8, 4) is 17.2 Å². The number of aromatic hydroxyl groups is 1. The second-order valence-electron chi connectivity index (χ2n) is 9.73. The van der Waals surface area contributed by atoms with Crippen molar-refractivity contribution in [1.29, 1.82) is 0 Å². The average molecular weight is 476 g/mol. The molecule has 1 aliphatic rings. The standard InChI is InChI=1S/C29H37N3O3/c1-20(15-24-8-10-27(19-30-24)35-14-13-32(2)3)31-29-18-26(34-4)11-12-28(29)23-6-5-22-17-25(33)9-7-21(22)16-23/h7-12,17-20,23,31,33H,5-6,13-16H2,1-4H3. The number of nitrogens with zero attached hydrogens (tertiary/aromatic N) is 2. The molecular formula is C29H37N3O3. The van der Waals surface area contributed by atoms with Crippen LogP contribution in [0.1, 0.15) is 41.6 Å². The molecule has 0 amide bonds. The van der Waals surface area contributed by atoms with Gasteiger partial charge in [-0.3, -0.25) is 4.98 Å². The summed E-state index contributed by atoms with van der Waals surface area (Å²) in [7, 11) is 5.77. The van der Waals surface area contributed by atoms with Gasteiger partial charge in [0.25, 0.3) is 0 Å². The Hall–Kier alpha value is -3.25. The van der Waals surface area contributed by atoms with Gasteiger partial charge in [-0.1, -0.05) is 12.1 Å². The van der Waals surface area contributed by atoms with E-state index < -0.39 is 0 Å². The van der Waals surface area contributed by atoms with E-state index in [0.717, 1.165) is 55.1 Å². The summed E-state index contributed by atoms with van der Waals surface area (Å²) in [6, 6.07) is 16.4. The van der Waals surface area contributed by atoms with Crippen LogP contribution in [0.5, 0.6) is 17.2 Å². The average Bonchev–Trinajstić information content (AvgIpc) is 2.84. The summed E-state index contributed by atoms with van der Waals surface area (Å²) in [4.78, 5) is 6.71. The predicted octanol–water partition coefficient (Wildman–Crippen LogP) is 5.05. The summed E-state index contributed by atoms with van der Waals surface area (Å²) in [6.07, 6.45) is 5.63. The zero-order chi connectivity index (χ0) is 24.8. The number of benzene rings is 2. The zero-order valence-electron chi connectivity index (χ0n) is 21.3. The van der Waals surface area contributed by atoms with Crippen molar-refractivity contribution >= 4 is 5.69 Å². The number of ether oxygens (including phenoxy) is 2. The van der Waals surface area contributed by atoms with Crippen molar-refractivity contribution in [3.63, 3.8) is 0 Å². The molecule has 2 N–H and O–H groups in total. The summed E-state index contributed by atoms with van der Waals surface area (Å²) in [5, 5.41) is 13.6. The van der Waals surface area contributed by atoms with Crippen LogP contribution in [-0.2, 0) is 19.3 Å². The van der Waals surface area contributed by atoms with E-state index in [-0.39, 0.29) is 6.04 Å². The Morgan fingerprint density at radius 2 is 1.91 bits per heavy atom. The largest absolute Gasteiger partial charge is 0.508 e. The number of hydrogen-bond donors (Lipinski definition) is 2. The highest BCUT2D eigenvalue weighted by Gasteiger charge is 2.23. The molecule has 1 heterocycles. The molecule has 0 aliphatic heterocycles. The maximum atomic E-state index is 9.83. The molecule has 2 unspecified atom stereocenters. The summed E-state index contributed by atoms with van der Waals surface area (Å²) in [6.45, 7) is 3.71. The number of methoxy groups -OCH3 is 1. The third-order valence-electron chi connectivity index (χ3n) is 6.64. The van der Waals surface area contributed by atoms with Crippen LogP contribution in [0, 0.1) is 0 Å². The van der Waals surface area contributed by atoms with E-state index in [1.54, 1.807) is 13.2 Å². The van der Waals surface area contributed by atoms with Gasteiger partial charge in [-0.15, -0.1) is 0 Å². The third-order valence-corrected chi connectivity index (χ3v) is 6.64. The first kappa shape index (κ1) is 24.9. The fraction of sp³-hybridized carbons (Fsp3) is 0.414. The lowest BCUT2D eigenvalue weighted by Gasteiger charge is -2.28. The molecule has 0 radical (unpaired) electrons. The Balaban J connectivity index is 1.43. The van der Waals surface area contributed by atoms with Crippen molar-refractivity contribution in [2.75, 3.05) is 39.7 Å². The van der Waals surface area contributed by atoms with E-state index in [1.165, 1.54) is 16.7 Å². The zero-order valence-corrected chi connectivity index (χ0v) is 21.3. The highest BCUT2D eigenvalue weighted by atomic mass is 16.5. The molecule has 2 aromatic carbocycles. The molecule has 1 aromatic heterocycles. The van der Waals surface area contributed by atoms with E-state index in [4.69, 9.17) is 9.47 Å². The first-order valence-corrected chi connectivity index (χ1v) is 12.4. The van der Waals surface area contributed by atoms with E-state index >= 15 is 0 Å². The lowest BCUT2D eigenvalue weighted by Crippen LogP contribution is -2.21. The van der Waals surface area contributed by atoms with Crippen LogP contribution in [0.3, 0.4) is 0 Å². The second kappa shape index (κ2) is 11.5. The molecule has 6 nitrogen and oxygen atoms in total. The number of pyridine rings is 1. The first-order valence-electron chi connectivity index (χ1n) is 12.4. The maximum Gasteiger partial charge on any atom is 0.137 e. The summed E-state index contributed by atoms with van der Waals surface area (Å²) in [5.41, 5.74) is 6.05. The van der Waals surface area contributed by atoms with Crippen molar-refractivity contribution in [3.05, 3.63) is 77.1 Å². The van der Waals surface area contributed by atoms with E-state index in [1.807, 2.05) is 44.6 Å². The van der Waals surface area contributed by atoms with Gasteiger partial charge in [0.05, 0.1) is 13.3 Å². The van der Waals surface area contributed by atoms with Crippen molar-refractivity contribution < 1.29 is 14.6 Å². The maximum absolute atomic E-state index is 9.83. The predicted molar refractivity (Wildman–Crippen MR) is 141 cm³/mol. The molecule has 4 rings (SSSR count). The minimum absolute atomic E-state index is 0.196. The number of rotatable bonds is 10. The smallest absolute Gasteiger partial charge is 0.137 e. The number of anilines is 1. The highest BCUT2D eigenvalue weighted by molar-refractivity contribution is 5.58. The SMILES string of the molecule is COc1ccc(C2CCc3cc(O)ccc3C2)c(NC(C)Cc2ccc(OCCN(C)C)cn2)c1. The molecule has 3 aromatic rings. The molecule has 2 atom stereocenters. The molecule has 0 saturated carbocycles. The van der Waals surface area contributed by atoms with Crippen LogP contribution in [0.2, 0.25) is 0 Å². The van der Waals surface area contributed by atoms with Gasteiger partial charge in [0.15, 0.2) is 0 Å².